The Morgan fingerprint density at radius 1 is 1.06 bits per heavy atom. The minimum absolute atomic E-state index is 0.301. The summed E-state index contributed by atoms with van der Waals surface area (Å²) in [5, 5.41) is 0. The van der Waals surface area contributed by atoms with Gasteiger partial charge in [0.05, 0.1) is 5.56 Å². The fraction of sp³-hybridized carbons (Fsp3) is 0.133. The first-order valence-corrected chi connectivity index (χ1v) is 6.43. The molecule has 2 aromatic carbocycles. The number of aryl methyl sites for hydroxylation is 1. The van der Waals surface area contributed by atoms with Crippen LogP contribution in [0.2, 0.25) is 0 Å². The molecular formula is C15H13BrO2. The van der Waals surface area contributed by atoms with Crippen molar-refractivity contribution in [3.05, 3.63) is 69.7 Å². The number of hydrogen-bond acceptors (Lipinski definition) is 2. The van der Waals surface area contributed by atoms with Crippen LogP contribution in [0, 0.1) is 6.92 Å². The molecule has 2 aromatic rings. The number of benzene rings is 2. The second kappa shape index (κ2) is 5.83. The van der Waals surface area contributed by atoms with Crippen LogP contribution in [0.3, 0.4) is 0 Å². The number of carbonyl (C=O) groups is 1. The Hall–Kier alpha value is -1.61. The lowest BCUT2D eigenvalue weighted by atomic mass is 10.2. The molecule has 0 bridgehead atoms. The van der Waals surface area contributed by atoms with Gasteiger partial charge in [0.25, 0.3) is 0 Å². The summed E-state index contributed by atoms with van der Waals surface area (Å²) in [7, 11) is 0. The third-order valence-electron chi connectivity index (χ3n) is 2.57. The van der Waals surface area contributed by atoms with Crippen molar-refractivity contribution < 1.29 is 9.53 Å². The van der Waals surface area contributed by atoms with E-state index < -0.39 is 0 Å². The molecule has 0 fully saturated rings. The van der Waals surface area contributed by atoms with Gasteiger partial charge < -0.3 is 4.74 Å². The molecule has 0 radical (unpaired) electrons. The van der Waals surface area contributed by atoms with E-state index in [9.17, 15) is 4.79 Å². The highest BCUT2D eigenvalue weighted by atomic mass is 79.9. The lowest BCUT2D eigenvalue weighted by Gasteiger charge is -2.05. The smallest absolute Gasteiger partial charge is 0.338 e. The van der Waals surface area contributed by atoms with E-state index in [-0.39, 0.29) is 5.97 Å². The fourth-order valence-electron chi connectivity index (χ4n) is 1.50. The molecule has 0 N–H and O–H groups in total. The molecule has 0 heterocycles. The van der Waals surface area contributed by atoms with Crippen LogP contribution in [0.15, 0.2) is 53.0 Å². The maximum atomic E-state index is 11.8. The summed E-state index contributed by atoms with van der Waals surface area (Å²) in [6.45, 7) is 2.33. The second-order valence-electron chi connectivity index (χ2n) is 4.07. The van der Waals surface area contributed by atoms with Gasteiger partial charge in [0.2, 0.25) is 0 Å². The summed E-state index contributed by atoms with van der Waals surface area (Å²) < 4.78 is 6.18. The Morgan fingerprint density at radius 2 is 1.67 bits per heavy atom. The molecule has 0 amide bonds. The van der Waals surface area contributed by atoms with Gasteiger partial charge >= 0.3 is 5.97 Å². The van der Waals surface area contributed by atoms with E-state index in [1.54, 1.807) is 12.1 Å². The molecule has 0 spiro atoms. The third kappa shape index (κ3) is 3.44. The lowest BCUT2D eigenvalue weighted by molar-refractivity contribution is 0.0472. The Kier molecular flexibility index (Phi) is 4.15. The first kappa shape index (κ1) is 12.8. The third-order valence-corrected chi connectivity index (χ3v) is 3.10. The van der Waals surface area contributed by atoms with Crippen molar-refractivity contribution in [1.29, 1.82) is 0 Å². The highest BCUT2D eigenvalue weighted by Crippen LogP contribution is 2.12. The molecule has 0 aliphatic rings. The van der Waals surface area contributed by atoms with Gasteiger partial charge in [-0.15, -0.1) is 0 Å². The largest absolute Gasteiger partial charge is 0.457 e. The standard InChI is InChI=1S/C15H13BrO2/c1-11-2-4-12(5-3-11)10-18-15(17)13-6-8-14(16)9-7-13/h2-9H,10H2,1H3. The van der Waals surface area contributed by atoms with Crippen LogP contribution >= 0.6 is 15.9 Å². The maximum Gasteiger partial charge on any atom is 0.338 e. The van der Waals surface area contributed by atoms with Crippen molar-refractivity contribution in [2.24, 2.45) is 0 Å². The predicted molar refractivity (Wildman–Crippen MR) is 74.4 cm³/mol. The quantitative estimate of drug-likeness (QED) is 0.798. The highest BCUT2D eigenvalue weighted by molar-refractivity contribution is 9.10. The van der Waals surface area contributed by atoms with Gasteiger partial charge in [-0.1, -0.05) is 45.8 Å². The van der Waals surface area contributed by atoms with E-state index in [1.807, 2.05) is 43.3 Å². The van der Waals surface area contributed by atoms with E-state index >= 15 is 0 Å². The number of carbonyl (C=O) groups excluding carboxylic acids is 1. The minimum Gasteiger partial charge on any atom is -0.457 e. The SMILES string of the molecule is Cc1ccc(COC(=O)c2ccc(Br)cc2)cc1. The van der Waals surface area contributed by atoms with Crippen molar-refractivity contribution in [3.8, 4) is 0 Å². The molecule has 3 heteroatoms. The Bertz CT molecular complexity index is 529. The molecule has 2 rings (SSSR count). The van der Waals surface area contributed by atoms with Gasteiger partial charge in [0.15, 0.2) is 0 Å². The first-order valence-electron chi connectivity index (χ1n) is 5.63. The van der Waals surface area contributed by atoms with E-state index in [4.69, 9.17) is 4.74 Å². The molecule has 92 valence electrons. The van der Waals surface area contributed by atoms with Crippen LogP contribution in [0.5, 0.6) is 0 Å². The van der Waals surface area contributed by atoms with E-state index in [0.29, 0.717) is 12.2 Å². The normalized spacial score (nSPS) is 10.1. The van der Waals surface area contributed by atoms with Crippen LogP contribution in [-0.4, -0.2) is 5.97 Å². The number of hydrogen-bond donors (Lipinski definition) is 0. The molecular weight excluding hydrogens is 292 g/mol. The van der Waals surface area contributed by atoms with Gasteiger partial charge in [0, 0.05) is 4.47 Å². The molecule has 0 aliphatic carbocycles. The summed E-state index contributed by atoms with van der Waals surface area (Å²) in [5.41, 5.74) is 2.74. The van der Waals surface area contributed by atoms with Crippen molar-refractivity contribution in [2.45, 2.75) is 13.5 Å². The molecule has 2 nitrogen and oxygen atoms in total. The molecule has 0 aromatic heterocycles. The maximum absolute atomic E-state index is 11.8. The van der Waals surface area contributed by atoms with Gasteiger partial charge in [0.1, 0.15) is 6.61 Å². The van der Waals surface area contributed by atoms with Crippen molar-refractivity contribution in [2.75, 3.05) is 0 Å². The van der Waals surface area contributed by atoms with Crippen molar-refractivity contribution in [3.63, 3.8) is 0 Å². The van der Waals surface area contributed by atoms with Crippen LogP contribution in [0.1, 0.15) is 21.5 Å². The topological polar surface area (TPSA) is 26.3 Å². The number of esters is 1. The van der Waals surface area contributed by atoms with Gasteiger partial charge in [-0.05, 0) is 36.8 Å². The van der Waals surface area contributed by atoms with Crippen LogP contribution in [-0.2, 0) is 11.3 Å². The van der Waals surface area contributed by atoms with Gasteiger partial charge in [-0.25, -0.2) is 4.79 Å². The van der Waals surface area contributed by atoms with Crippen molar-refractivity contribution >= 4 is 21.9 Å². The average molecular weight is 305 g/mol. The van der Waals surface area contributed by atoms with Crippen molar-refractivity contribution in [1.82, 2.24) is 0 Å². The lowest BCUT2D eigenvalue weighted by Crippen LogP contribution is -2.04. The Balaban J connectivity index is 1.96. The molecule has 0 saturated carbocycles. The molecule has 18 heavy (non-hydrogen) atoms. The summed E-state index contributed by atoms with van der Waals surface area (Å²) >= 11 is 3.32. The van der Waals surface area contributed by atoms with E-state index in [0.717, 1.165) is 10.0 Å². The van der Waals surface area contributed by atoms with E-state index in [2.05, 4.69) is 15.9 Å². The zero-order valence-electron chi connectivity index (χ0n) is 10.0. The van der Waals surface area contributed by atoms with Crippen LogP contribution in [0.4, 0.5) is 0 Å². The Morgan fingerprint density at radius 3 is 2.28 bits per heavy atom. The molecule has 0 aliphatic heterocycles. The average Bonchev–Trinajstić information content (AvgIpc) is 2.38. The number of rotatable bonds is 3. The number of ether oxygens (including phenoxy) is 1. The summed E-state index contributed by atoms with van der Waals surface area (Å²) in [5.74, 6) is -0.303. The molecule has 0 unspecified atom stereocenters. The van der Waals surface area contributed by atoms with Crippen LogP contribution < -0.4 is 0 Å². The number of halogens is 1. The van der Waals surface area contributed by atoms with Gasteiger partial charge in [-0.2, -0.15) is 0 Å². The summed E-state index contributed by atoms with van der Waals surface area (Å²) in [6, 6.07) is 15.0. The monoisotopic (exact) mass is 304 g/mol. The van der Waals surface area contributed by atoms with Crippen LogP contribution in [0.25, 0.3) is 0 Å². The molecule has 0 saturated heterocycles. The van der Waals surface area contributed by atoms with Gasteiger partial charge in [-0.3, -0.25) is 0 Å². The zero-order chi connectivity index (χ0) is 13.0. The zero-order valence-corrected chi connectivity index (χ0v) is 11.6. The first-order chi connectivity index (χ1) is 8.65. The summed E-state index contributed by atoms with van der Waals surface area (Å²) in [4.78, 5) is 11.8. The fourth-order valence-corrected chi connectivity index (χ4v) is 1.77. The minimum atomic E-state index is -0.303. The Labute approximate surface area is 115 Å². The van der Waals surface area contributed by atoms with E-state index in [1.165, 1.54) is 5.56 Å². The predicted octanol–water partition coefficient (Wildman–Crippen LogP) is 4.11. The molecule has 0 atom stereocenters. The second-order valence-corrected chi connectivity index (χ2v) is 4.98. The highest BCUT2D eigenvalue weighted by Gasteiger charge is 2.06. The summed E-state index contributed by atoms with van der Waals surface area (Å²) in [6.07, 6.45) is 0.